The Morgan fingerprint density at radius 1 is 1.17 bits per heavy atom. The van der Waals surface area contributed by atoms with E-state index in [1.54, 1.807) is 52.8 Å². The number of methoxy groups -OCH3 is 2. The van der Waals surface area contributed by atoms with Gasteiger partial charge >= 0.3 is 5.97 Å². The molecule has 3 heterocycles. The molecule has 0 saturated carbocycles. The maximum atomic E-state index is 13.1. The van der Waals surface area contributed by atoms with Gasteiger partial charge in [-0.25, -0.2) is 9.78 Å². The number of ether oxygens (including phenoxy) is 3. The highest BCUT2D eigenvalue weighted by molar-refractivity contribution is 9.10. The molecule has 10 heteroatoms. The first-order chi connectivity index (χ1) is 17.4. The van der Waals surface area contributed by atoms with E-state index in [0.717, 1.165) is 18.4 Å². The summed E-state index contributed by atoms with van der Waals surface area (Å²) in [5.41, 5.74) is 2.18. The number of carbonyl (C=O) groups excluding carboxylic acids is 1. The number of rotatable bonds is 5. The lowest BCUT2D eigenvalue weighted by Gasteiger charge is -2.21. The summed E-state index contributed by atoms with van der Waals surface area (Å²) in [6.45, 7) is 0.585. The normalized spacial score (nSPS) is 14.1. The Balaban J connectivity index is 1.63. The fourth-order valence-corrected chi connectivity index (χ4v) is 4.95. The maximum Gasteiger partial charge on any atom is 0.351 e. The van der Waals surface area contributed by atoms with E-state index >= 15 is 0 Å². The molecule has 0 N–H and O–H groups in total. The molecule has 184 valence electrons. The monoisotopic (exact) mass is 550 g/mol. The van der Waals surface area contributed by atoms with Gasteiger partial charge in [0.25, 0.3) is 5.56 Å². The second kappa shape index (κ2) is 9.62. The predicted molar refractivity (Wildman–Crippen MR) is 139 cm³/mol. The second-order valence-corrected chi connectivity index (χ2v) is 9.06. The molecule has 0 spiro atoms. The van der Waals surface area contributed by atoms with Gasteiger partial charge in [0.15, 0.2) is 11.4 Å². The van der Waals surface area contributed by atoms with Crippen molar-refractivity contribution < 1.29 is 19.0 Å². The highest BCUT2D eigenvalue weighted by Gasteiger charge is 2.26. The molecular formula is C26H23BrN4O5. The van der Waals surface area contributed by atoms with Gasteiger partial charge in [-0.2, -0.15) is 5.10 Å². The quantitative estimate of drug-likeness (QED) is 0.267. The number of hydrogen-bond acceptors (Lipinski definition) is 7. The minimum absolute atomic E-state index is 0.109. The summed E-state index contributed by atoms with van der Waals surface area (Å²) in [5.74, 6) is 0.978. The molecule has 1 aliphatic rings. The van der Waals surface area contributed by atoms with Crippen molar-refractivity contribution in [1.29, 1.82) is 0 Å². The van der Waals surface area contributed by atoms with E-state index in [0.29, 0.717) is 44.9 Å². The number of aromatic nitrogens is 4. The van der Waals surface area contributed by atoms with Gasteiger partial charge in [-0.3, -0.25) is 14.0 Å². The summed E-state index contributed by atoms with van der Waals surface area (Å²) in [4.78, 5) is 30.9. The van der Waals surface area contributed by atoms with Gasteiger partial charge in [0.2, 0.25) is 0 Å². The van der Waals surface area contributed by atoms with Gasteiger partial charge in [-0.1, -0.05) is 18.2 Å². The minimum atomic E-state index is -0.607. The molecule has 0 bridgehead atoms. The SMILES string of the molecule is COc1cc(/C=C2\CCCn3c2nc2c(cnn2C)c3=O)c(Br)c(OC)c1C(=O)Oc1ccccc1. The molecule has 0 unspecified atom stereocenters. The molecule has 0 radical (unpaired) electrons. The molecule has 1 aliphatic heterocycles. The highest BCUT2D eigenvalue weighted by Crippen LogP contribution is 2.41. The third kappa shape index (κ3) is 4.07. The lowest BCUT2D eigenvalue weighted by Crippen LogP contribution is -2.27. The van der Waals surface area contributed by atoms with Crippen LogP contribution in [0.4, 0.5) is 0 Å². The molecule has 4 aromatic rings. The molecule has 9 nitrogen and oxygen atoms in total. The van der Waals surface area contributed by atoms with E-state index in [2.05, 4.69) is 21.0 Å². The van der Waals surface area contributed by atoms with Crippen LogP contribution in [0.15, 0.2) is 51.9 Å². The van der Waals surface area contributed by atoms with Gasteiger partial charge in [-0.05, 0) is 64.2 Å². The summed E-state index contributed by atoms with van der Waals surface area (Å²) < 4.78 is 20.6. The standard InChI is InChI=1S/C26H23BrN4O5/c1-30-24-18(14-28-30)25(32)31-11-7-8-15(23(31)29-24)12-16-13-19(34-2)20(22(35-3)21(16)27)26(33)36-17-9-5-4-6-10-17/h4-6,9-10,12-14H,7-8,11H2,1-3H3/b15-12+. The molecule has 36 heavy (non-hydrogen) atoms. The largest absolute Gasteiger partial charge is 0.496 e. The second-order valence-electron chi connectivity index (χ2n) is 8.26. The average molecular weight is 551 g/mol. The number of hydrogen-bond donors (Lipinski definition) is 0. The van der Waals surface area contributed by atoms with Crippen LogP contribution >= 0.6 is 15.9 Å². The molecule has 2 aromatic carbocycles. The van der Waals surface area contributed by atoms with E-state index in [1.807, 2.05) is 12.1 Å². The Morgan fingerprint density at radius 3 is 2.67 bits per heavy atom. The number of nitrogens with zero attached hydrogens (tertiary/aromatic N) is 4. The van der Waals surface area contributed by atoms with Crippen molar-refractivity contribution in [3.8, 4) is 17.2 Å². The summed E-state index contributed by atoms with van der Waals surface area (Å²) in [7, 11) is 4.72. The number of aryl methyl sites for hydroxylation is 1. The molecular weight excluding hydrogens is 528 g/mol. The topological polar surface area (TPSA) is 97.5 Å². The number of halogens is 1. The highest BCUT2D eigenvalue weighted by atomic mass is 79.9. The Labute approximate surface area is 215 Å². The van der Waals surface area contributed by atoms with Crippen molar-refractivity contribution in [1.82, 2.24) is 19.3 Å². The third-order valence-electron chi connectivity index (χ3n) is 6.09. The molecule has 0 aliphatic carbocycles. The Hall–Kier alpha value is -3.92. The maximum absolute atomic E-state index is 13.1. The van der Waals surface area contributed by atoms with Crippen LogP contribution in [0.5, 0.6) is 17.2 Å². The number of carbonyl (C=O) groups is 1. The van der Waals surface area contributed by atoms with Crippen molar-refractivity contribution in [2.75, 3.05) is 14.2 Å². The number of allylic oxidation sites excluding steroid dienone is 1. The Kier molecular flexibility index (Phi) is 6.36. The zero-order valence-electron chi connectivity index (χ0n) is 19.9. The van der Waals surface area contributed by atoms with Crippen LogP contribution in [-0.2, 0) is 13.6 Å². The van der Waals surface area contributed by atoms with Crippen LogP contribution in [0.1, 0.15) is 34.6 Å². The number of fused-ring (bicyclic) bond motifs is 2. The number of esters is 1. The Bertz CT molecular complexity index is 1570. The molecule has 5 rings (SSSR count). The van der Waals surface area contributed by atoms with Gasteiger partial charge in [0, 0.05) is 13.6 Å². The fourth-order valence-electron chi connectivity index (χ4n) is 4.36. The zero-order chi connectivity index (χ0) is 25.4. The van der Waals surface area contributed by atoms with Gasteiger partial charge in [-0.15, -0.1) is 0 Å². The minimum Gasteiger partial charge on any atom is -0.496 e. The van der Waals surface area contributed by atoms with Gasteiger partial charge in [0.1, 0.15) is 28.3 Å². The lowest BCUT2D eigenvalue weighted by atomic mass is 10.0. The van der Waals surface area contributed by atoms with Gasteiger partial charge < -0.3 is 14.2 Å². The number of para-hydroxylation sites is 1. The van der Waals surface area contributed by atoms with Crippen LogP contribution in [0.25, 0.3) is 22.7 Å². The summed E-state index contributed by atoms with van der Waals surface area (Å²) in [5, 5.41) is 4.68. The average Bonchev–Trinajstić information content (AvgIpc) is 3.26. The first kappa shape index (κ1) is 23.8. The van der Waals surface area contributed by atoms with Crippen LogP contribution in [0, 0.1) is 0 Å². The summed E-state index contributed by atoms with van der Waals surface area (Å²) >= 11 is 3.60. The lowest BCUT2D eigenvalue weighted by molar-refractivity contribution is 0.0727. The van der Waals surface area contributed by atoms with Crippen molar-refractivity contribution in [2.24, 2.45) is 7.05 Å². The Morgan fingerprint density at radius 2 is 1.94 bits per heavy atom. The zero-order valence-corrected chi connectivity index (χ0v) is 21.5. The predicted octanol–water partition coefficient (Wildman–Crippen LogP) is 4.46. The smallest absolute Gasteiger partial charge is 0.351 e. The summed E-state index contributed by atoms with van der Waals surface area (Å²) in [6.07, 6.45) is 5.00. The van der Waals surface area contributed by atoms with E-state index < -0.39 is 5.97 Å². The van der Waals surface area contributed by atoms with Gasteiger partial charge in [0.05, 0.1) is 24.9 Å². The summed E-state index contributed by atoms with van der Waals surface area (Å²) in [6, 6.07) is 10.5. The molecule has 0 atom stereocenters. The van der Waals surface area contributed by atoms with Crippen molar-refractivity contribution in [3.05, 3.63) is 74.4 Å². The van der Waals surface area contributed by atoms with E-state index in [-0.39, 0.29) is 16.9 Å². The van der Waals surface area contributed by atoms with Crippen LogP contribution in [0.3, 0.4) is 0 Å². The van der Waals surface area contributed by atoms with E-state index in [9.17, 15) is 9.59 Å². The fraction of sp³-hybridized carbons (Fsp3) is 0.231. The number of benzene rings is 2. The molecule has 0 saturated heterocycles. The van der Waals surface area contributed by atoms with Crippen molar-refractivity contribution in [3.63, 3.8) is 0 Å². The molecule has 2 aromatic heterocycles. The molecule has 0 fully saturated rings. The van der Waals surface area contributed by atoms with Crippen LogP contribution in [0.2, 0.25) is 0 Å². The van der Waals surface area contributed by atoms with E-state index in [4.69, 9.17) is 19.2 Å². The first-order valence-corrected chi connectivity index (χ1v) is 12.1. The van der Waals surface area contributed by atoms with Crippen LogP contribution < -0.4 is 19.8 Å². The third-order valence-corrected chi connectivity index (χ3v) is 6.91. The van der Waals surface area contributed by atoms with Crippen molar-refractivity contribution >= 4 is 44.6 Å². The van der Waals surface area contributed by atoms with Crippen LogP contribution in [-0.4, -0.2) is 39.5 Å². The van der Waals surface area contributed by atoms with E-state index in [1.165, 1.54) is 14.2 Å². The van der Waals surface area contributed by atoms with Crippen molar-refractivity contribution in [2.45, 2.75) is 19.4 Å². The molecule has 0 amide bonds. The first-order valence-electron chi connectivity index (χ1n) is 11.3.